The molecular weight excluding hydrogens is 366 g/mol. The third-order valence-corrected chi connectivity index (χ3v) is 6.07. The molecule has 3 rings (SSSR count). The second kappa shape index (κ2) is 10.4. The standard InChI is InChI=1S/C19H33N5O2.ClH/c1-3-26-13-10-19(8-4-5-9-19)14-21-18(25)17-15(2)24(23-22-17)16-6-11-20-12-7-16;/h16,20H,3-14H2,1-2H3,(H,21,25);1H. The normalized spacial score (nSPS) is 19.6. The Morgan fingerprint density at radius 1 is 1.33 bits per heavy atom. The van der Waals surface area contributed by atoms with Gasteiger partial charge in [0, 0.05) is 19.8 Å². The second-order valence-corrected chi connectivity index (χ2v) is 7.79. The van der Waals surface area contributed by atoms with Crippen molar-refractivity contribution in [1.82, 2.24) is 25.6 Å². The fourth-order valence-electron chi connectivity index (χ4n) is 4.37. The lowest BCUT2D eigenvalue weighted by molar-refractivity contribution is 0.0858. The summed E-state index contributed by atoms with van der Waals surface area (Å²) in [6.45, 7) is 8.20. The molecule has 1 aromatic rings. The lowest BCUT2D eigenvalue weighted by Gasteiger charge is -2.29. The Kier molecular flexibility index (Phi) is 8.51. The van der Waals surface area contributed by atoms with Crippen LogP contribution in [0.5, 0.6) is 0 Å². The highest BCUT2D eigenvalue weighted by atomic mass is 35.5. The number of ether oxygens (including phenoxy) is 1. The van der Waals surface area contributed by atoms with Gasteiger partial charge in [-0.2, -0.15) is 0 Å². The molecule has 27 heavy (non-hydrogen) atoms. The zero-order chi connectivity index (χ0) is 18.4. The van der Waals surface area contributed by atoms with E-state index >= 15 is 0 Å². The van der Waals surface area contributed by atoms with Gasteiger partial charge >= 0.3 is 0 Å². The van der Waals surface area contributed by atoms with E-state index in [9.17, 15) is 4.79 Å². The lowest BCUT2D eigenvalue weighted by Crippen LogP contribution is -2.37. The maximum absolute atomic E-state index is 12.7. The zero-order valence-electron chi connectivity index (χ0n) is 16.6. The number of carbonyl (C=O) groups excluding carboxylic acids is 1. The summed E-state index contributed by atoms with van der Waals surface area (Å²) in [5.41, 5.74) is 1.54. The molecule has 2 fully saturated rings. The maximum atomic E-state index is 12.7. The number of aromatic nitrogens is 3. The van der Waals surface area contributed by atoms with Gasteiger partial charge in [0.2, 0.25) is 0 Å². The van der Waals surface area contributed by atoms with Crippen molar-refractivity contribution in [1.29, 1.82) is 0 Å². The molecule has 7 nitrogen and oxygen atoms in total. The van der Waals surface area contributed by atoms with Crippen LogP contribution in [0.2, 0.25) is 0 Å². The number of carbonyl (C=O) groups is 1. The highest BCUT2D eigenvalue weighted by Gasteiger charge is 2.34. The Labute approximate surface area is 168 Å². The molecule has 1 aliphatic heterocycles. The molecule has 2 aliphatic rings. The van der Waals surface area contributed by atoms with Crippen LogP contribution in [0.15, 0.2) is 0 Å². The molecule has 154 valence electrons. The van der Waals surface area contributed by atoms with Crippen LogP contribution in [0.4, 0.5) is 0 Å². The average molecular weight is 400 g/mol. The third-order valence-electron chi connectivity index (χ3n) is 6.07. The summed E-state index contributed by atoms with van der Waals surface area (Å²) in [6, 6.07) is 0.345. The summed E-state index contributed by atoms with van der Waals surface area (Å²) in [4.78, 5) is 12.7. The maximum Gasteiger partial charge on any atom is 0.273 e. The van der Waals surface area contributed by atoms with Crippen LogP contribution in [0.25, 0.3) is 0 Å². The molecule has 0 atom stereocenters. The summed E-state index contributed by atoms with van der Waals surface area (Å²) in [5, 5.41) is 15.0. The molecule has 0 bridgehead atoms. The van der Waals surface area contributed by atoms with E-state index in [1.807, 2.05) is 18.5 Å². The smallest absolute Gasteiger partial charge is 0.273 e. The average Bonchev–Trinajstić information content (AvgIpc) is 3.28. The van der Waals surface area contributed by atoms with Crippen molar-refractivity contribution in [2.45, 2.75) is 64.8 Å². The number of piperidine rings is 1. The molecular formula is C19H34ClN5O2. The highest BCUT2D eigenvalue weighted by Crippen LogP contribution is 2.40. The third kappa shape index (κ3) is 5.42. The number of rotatable bonds is 8. The Bertz CT molecular complexity index is 595. The van der Waals surface area contributed by atoms with Crippen LogP contribution in [0.1, 0.15) is 74.1 Å². The first kappa shape index (κ1) is 22.1. The molecule has 1 aliphatic carbocycles. The fourth-order valence-corrected chi connectivity index (χ4v) is 4.37. The van der Waals surface area contributed by atoms with Gasteiger partial charge in [0.1, 0.15) is 0 Å². The van der Waals surface area contributed by atoms with Gasteiger partial charge in [-0.1, -0.05) is 18.1 Å². The van der Waals surface area contributed by atoms with E-state index in [2.05, 4.69) is 20.9 Å². The van der Waals surface area contributed by atoms with Crippen LogP contribution in [-0.2, 0) is 4.74 Å². The van der Waals surface area contributed by atoms with E-state index in [0.717, 1.165) is 51.3 Å². The monoisotopic (exact) mass is 399 g/mol. The van der Waals surface area contributed by atoms with Gasteiger partial charge in [-0.15, -0.1) is 17.5 Å². The van der Waals surface area contributed by atoms with Crippen molar-refractivity contribution >= 4 is 18.3 Å². The molecule has 0 unspecified atom stereocenters. The van der Waals surface area contributed by atoms with E-state index < -0.39 is 0 Å². The quantitative estimate of drug-likeness (QED) is 0.657. The Balaban J connectivity index is 0.00000261. The van der Waals surface area contributed by atoms with Crippen molar-refractivity contribution in [3.05, 3.63) is 11.4 Å². The predicted molar refractivity (Wildman–Crippen MR) is 107 cm³/mol. The Morgan fingerprint density at radius 3 is 2.70 bits per heavy atom. The van der Waals surface area contributed by atoms with Crippen LogP contribution < -0.4 is 10.6 Å². The summed E-state index contributed by atoms with van der Waals surface area (Å²) in [5.74, 6) is -0.0923. The number of amides is 1. The van der Waals surface area contributed by atoms with Gasteiger partial charge in [-0.25, -0.2) is 4.68 Å². The summed E-state index contributed by atoms with van der Waals surface area (Å²) in [6.07, 6.45) is 7.90. The number of nitrogens with zero attached hydrogens (tertiary/aromatic N) is 3. The van der Waals surface area contributed by atoms with Gasteiger partial charge in [-0.3, -0.25) is 4.79 Å². The van der Waals surface area contributed by atoms with Crippen LogP contribution >= 0.6 is 12.4 Å². The van der Waals surface area contributed by atoms with Gasteiger partial charge in [0.15, 0.2) is 5.69 Å². The molecule has 0 radical (unpaired) electrons. The predicted octanol–water partition coefficient (Wildman–Crippen LogP) is 2.65. The number of nitrogens with one attached hydrogen (secondary N) is 2. The molecule has 1 aromatic heterocycles. The van der Waals surface area contributed by atoms with Crippen molar-refractivity contribution in [2.75, 3.05) is 32.8 Å². The molecule has 1 amide bonds. The molecule has 1 saturated carbocycles. The molecule has 2 N–H and O–H groups in total. The number of halogens is 1. The second-order valence-electron chi connectivity index (χ2n) is 7.79. The van der Waals surface area contributed by atoms with E-state index in [4.69, 9.17) is 4.74 Å². The summed E-state index contributed by atoms with van der Waals surface area (Å²) >= 11 is 0. The first-order chi connectivity index (χ1) is 12.7. The Morgan fingerprint density at radius 2 is 2.04 bits per heavy atom. The SMILES string of the molecule is CCOCCC1(CNC(=O)c2nnn(C3CCNCC3)c2C)CCCC1.Cl. The topological polar surface area (TPSA) is 81.1 Å². The number of hydrogen-bond donors (Lipinski definition) is 2. The molecule has 0 spiro atoms. The van der Waals surface area contributed by atoms with Crippen molar-refractivity contribution < 1.29 is 9.53 Å². The van der Waals surface area contributed by atoms with E-state index in [1.165, 1.54) is 25.7 Å². The minimum absolute atomic E-state index is 0. The van der Waals surface area contributed by atoms with Crippen LogP contribution in [0, 0.1) is 12.3 Å². The van der Waals surface area contributed by atoms with Gasteiger partial charge in [0.05, 0.1) is 11.7 Å². The van der Waals surface area contributed by atoms with Crippen molar-refractivity contribution in [3.63, 3.8) is 0 Å². The van der Waals surface area contributed by atoms with Crippen LogP contribution in [-0.4, -0.2) is 53.7 Å². The zero-order valence-corrected chi connectivity index (χ0v) is 17.4. The van der Waals surface area contributed by atoms with E-state index in [-0.39, 0.29) is 23.7 Å². The molecule has 1 saturated heterocycles. The minimum Gasteiger partial charge on any atom is -0.382 e. The van der Waals surface area contributed by atoms with Gasteiger partial charge < -0.3 is 15.4 Å². The summed E-state index contributed by atoms with van der Waals surface area (Å²) < 4.78 is 7.50. The van der Waals surface area contributed by atoms with Crippen LogP contribution in [0.3, 0.4) is 0 Å². The van der Waals surface area contributed by atoms with E-state index in [0.29, 0.717) is 18.3 Å². The lowest BCUT2D eigenvalue weighted by atomic mass is 9.83. The molecule has 2 heterocycles. The van der Waals surface area contributed by atoms with Gasteiger partial charge in [-0.05, 0) is 64.5 Å². The Hall–Kier alpha value is -1.18. The first-order valence-electron chi connectivity index (χ1n) is 10.1. The first-order valence-corrected chi connectivity index (χ1v) is 10.1. The summed E-state index contributed by atoms with van der Waals surface area (Å²) in [7, 11) is 0. The van der Waals surface area contributed by atoms with Gasteiger partial charge in [0.25, 0.3) is 5.91 Å². The van der Waals surface area contributed by atoms with E-state index in [1.54, 1.807) is 0 Å². The molecule has 8 heteroatoms. The van der Waals surface area contributed by atoms with Crippen molar-refractivity contribution in [3.8, 4) is 0 Å². The van der Waals surface area contributed by atoms with Crippen molar-refractivity contribution in [2.24, 2.45) is 5.41 Å². The molecule has 0 aromatic carbocycles. The fraction of sp³-hybridized carbons (Fsp3) is 0.842. The highest BCUT2D eigenvalue weighted by molar-refractivity contribution is 5.93. The minimum atomic E-state index is -0.0923. The number of hydrogen-bond acceptors (Lipinski definition) is 5. The largest absolute Gasteiger partial charge is 0.382 e.